The van der Waals surface area contributed by atoms with E-state index in [0.717, 1.165) is 0 Å². The Balaban J connectivity index is 3.04. The first-order valence-corrected chi connectivity index (χ1v) is 6.35. The number of benzene rings is 1. The first-order valence-electron chi connectivity index (χ1n) is 6.35. The molecule has 2 unspecified atom stereocenters. The van der Waals surface area contributed by atoms with E-state index in [9.17, 15) is 4.79 Å². The molecule has 5 nitrogen and oxygen atoms in total. The Morgan fingerprint density at radius 3 is 2.58 bits per heavy atom. The van der Waals surface area contributed by atoms with Crippen LogP contribution in [-0.2, 0) is 0 Å². The Kier molecular flexibility index (Phi) is 5.18. The van der Waals surface area contributed by atoms with E-state index in [1.54, 1.807) is 32.3 Å². The molecule has 0 aliphatic rings. The number of hydrogen-bond acceptors (Lipinski definition) is 4. The number of rotatable bonds is 5. The quantitative estimate of drug-likeness (QED) is 0.703. The van der Waals surface area contributed by atoms with Gasteiger partial charge in [-0.3, -0.25) is 4.79 Å². The number of carbonyl (C=O) groups is 1. The lowest BCUT2D eigenvalue weighted by Gasteiger charge is -2.23. The molecule has 4 N–H and O–H groups in total. The van der Waals surface area contributed by atoms with E-state index in [-0.39, 0.29) is 24.5 Å². The van der Waals surface area contributed by atoms with E-state index in [2.05, 4.69) is 5.32 Å². The predicted molar refractivity (Wildman–Crippen MR) is 78.2 cm³/mol. The van der Waals surface area contributed by atoms with Crippen molar-refractivity contribution in [1.82, 2.24) is 4.90 Å². The lowest BCUT2D eigenvalue weighted by molar-refractivity contribution is 0.0828. The summed E-state index contributed by atoms with van der Waals surface area (Å²) in [6.07, 6.45) is 0. The van der Waals surface area contributed by atoms with Crippen LogP contribution in [0.15, 0.2) is 18.2 Å². The van der Waals surface area contributed by atoms with Gasteiger partial charge in [0.25, 0.3) is 5.91 Å². The third-order valence-electron chi connectivity index (χ3n) is 3.20. The first-order chi connectivity index (χ1) is 8.86. The van der Waals surface area contributed by atoms with Gasteiger partial charge in [0.05, 0.1) is 5.56 Å². The van der Waals surface area contributed by atoms with Crippen LogP contribution in [0.5, 0.6) is 0 Å². The van der Waals surface area contributed by atoms with Crippen molar-refractivity contribution in [3.8, 4) is 0 Å². The maximum absolute atomic E-state index is 12.1. The highest BCUT2D eigenvalue weighted by Gasteiger charge is 2.17. The normalized spacial score (nSPS) is 13.7. The molecule has 19 heavy (non-hydrogen) atoms. The average molecular weight is 265 g/mol. The number of nitrogens with two attached hydrogens (primary N) is 1. The van der Waals surface area contributed by atoms with Gasteiger partial charge in [0.1, 0.15) is 0 Å². The fourth-order valence-corrected chi connectivity index (χ4v) is 1.65. The Morgan fingerprint density at radius 1 is 1.42 bits per heavy atom. The van der Waals surface area contributed by atoms with Gasteiger partial charge in [-0.1, -0.05) is 6.92 Å². The van der Waals surface area contributed by atoms with Gasteiger partial charge in [0.2, 0.25) is 0 Å². The molecule has 0 saturated heterocycles. The Morgan fingerprint density at radius 2 is 2.05 bits per heavy atom. The van der Waals surface area contributed by atoms with Crippen LogP contribution in [-0.4, -0.2) is 42.7 Å². The fourth-order valence-electron chi connectivity index (χ4n) is 1.65. The highest BCUT2D eigenvalue weighted by molar-refractivity contribution is 6.00. The van der Waals surface area contributed by atoms with Crippen LogP contribution in [0, 0.1) is 5.92 Å². The number of nitrogens with one attached hydrogen (secondary N) is 1. The Labute approximate surface area is 114 Å². The van der Waals surface area contributed by atoms with Crippen molar-refractivity contribution in [3.63, 3.8) is 0 Å². The van der Waals surface area contributed by atoms with Crippen LogP contribution >= 0.6 is 0 Å². The van der Waals surface area contributed by atoms with E-state index in [0.29, 0.717) is 16.9 Å². The number of amides is 1. The standard InChI is InChI=1S/C14H23N3O2/c1-9(8-18)10(2)16-13-7-11(15)5-6-12(13)14(19)17(3)4/h5-7,9-10,16,18H,8,15H2,1-4H3. The zero-order valence-electron chi connectivity index (χ0n) is 12.0. The monoisotopic (exact) mass is 265 g/mol. The van der Waals surface area contributed by atoms with Crippen molar-refractivity contribution < 1.29 is 9.90 Å². The summed E-state index contributed by atoms with van der Waals surface area (Å²) >= 11 is 0. The van der Waals surface area contributed by atoms with Gasteiger partial charge in [-0.15, -0.1) is 0 Å². The van der Waals surface area contributed by atoms with E-state index in [1.807, 2.05) is 13.8 Å². The molecule has 0 heterocycles. The van der Waals surface area contributed by atoms with Gasteiger partial charge in [-0.05, 0) is 31.0 Å². The van der Waals surface area contributed by atoms with Gasteiger partial charge in [-0.25, -0.2) is 0 Å². The lowest BCUT2D eigenvalue weighted by Crippen LogP contribution is -2.29. The third-order valence-corrected chi connectivity index (χ3v) is 3.20. The van der Waals surface area contributed by atoms with Crippen molar-refractivity contribution in [3.05, 3.63) is 23.8 Å². The summed E-state index contributed by atoms with van der Waals surface area (Å²) in [7, 11) is 3.42. The maximum atomic E-state index is 12.1. The van der Waals surface area contributed by atoms with Crippen LogP contribution in [0.3, 0.4) is 0 Å². The summed E-state index contributed by atoms with van der Waals surface area (Å²) in [4.78, 5) is 13.6. The molecule has 0 spiro atoms. The van der Waals surface area contributed by atoms with Crippen molar-refractivity contribution in [1.29, 1.82) is 0 Å². The van der Waals surface area contributed by atoms with E-state index >= 15 is 0 Å². The molecule has 0 aliphatic heterocycles. The van der Waals surface area contributed by atoms with E-state index in [4.69, 9.17) is 10.8 Å². The van der Waals surface area contributed by atoms with Crippen LogP contribution in [0.25, 0.3) is 0 Å². The maximum Gasteiger partial charge on any atom is 0.255 e. The second kappa shape index (κ2) is 6.43. The fraction of sp³-hybridized carbons (Fsp3) is 0.500. The number of nitrogen functional groups attached to an aromatic ring is 1. The second-order valence-corrected chi connectivity index (χ2v) is 5.10. The van der Waals surface area contributed by atoms with E-state index < -0.39 is 0 Å². The number of hydrogen-bond donors (Lipinski definition) is 3. The van der Waals surface area contributed by atoms with Gasteiger partial charge in [-0.2, -0.15) is 0 Å². The summed E-state index contributed by atoms with van der Waals surface area (Å²) in [6, 6.07) is 5.22. The second-order valence-electron chi connectivity index (χ2n) is 5.10. The van der Waals surface area contributed by atoms with Crippen LogP contribution in [0.4, 0.5) is 11.4 Å². The molecular formula is C14H23N3O2. The molecule has 1 amide bonds. The lowest BCUT2D eigenvalue weighted by atomic mass is 10.0. The summed E-state index contributed by atoms with van der Waals surface area (Å²) in [6.45, 7) is 4.00. The van der Waals surface area contributed by atoms with Gasteiger partial charge < -0.3 is 21.1 Å². The van der Waals surface area contributed by atoms with Gasteiger partial charge >= 0.3 is 0 Å². The van der Waals surface area contributed by atoms with Crippen LogP contribution in [0.2, 0.25) is 0 Å². The average Bonchev–Trinajstić information content (AvgIpc) is 2.37. The van der Waals surface area contributed by atoms with Crippen molar-refractivity contribution in [2.45, 2.75) is 19.9 Å². The third kappa shape index (κ3) is 3.86. The molecule has 1 aromatic rings. The molecule has 0 aliphatic carbocycles. The SMILES string of the molecule is CC(CO)C(C)Nc1cc(N)ccc1C(=O)N(C)C. The highest BCUT2D eigenvalue weighted by atomic mass is 16.3. The number of nitrogens with zero attached hydrogens (tertiary/aromatic N) is 1. The van der Waals surface area contributed by atoms with Crippen LogP contribution in [0.1, 0.15) is 24.2 Å². The molecule has 0 aromatic heterocycles. The molecule has 0 fully saturated rings. The predicted octanol–water partition coefficient (Wildman–Crippen LogP) is 1.40. The zero-order chi connectivity index (χ0) is 14.6. The molecule has 2 atom stereocenters. The molecule has 0 saturated carbocycles. The zero-order valence-corrected chi connectivity index (χ0v) is 12.0. The van der Waals surface area contributed by atoms with Gasteiger partial charge in [0, 0.05) is 38.1 Å². The topological polar surface area (TPSA) is 78.6 Å². The molecule has 5 heteroatoms. The number of aliphatic hydroxyl groups is 1. The summed E-state index contributed by atoms with van der Waals surface area (Å²) < 4.78 is 0. The summed E-state index contributed by atoms with van der Waals surface area (Å²) in [5.74, 6) is 0.00934. The Hall–Kier alpha value is -1.75. The molecule has 106 valence electrons. The van der Waals surface area contributed by atoms with Crippen molar-refractivity contribution in [2.75, 3.05) is 31.8 Å². The van der Waals surface area contributed by atoms with Crippen molar-refractivity contribution >= 4 is 17.3 Å². The summed E-state index contributed by atoms with van der Waals surface area (Å²) in [5.41, 5.74) is 7.65. The largest absolute Gasteiger partial charge is 0.399 e. The van der Waals surface area contributed by atoms with Crippen molar-refractivity contribution in [2.24, 2.45) is 5.92 Å². The van der Waals surface area contributed by atoms with Crippen LogP contribution < -0.4 is 11.1 Å². The highest BCUT2D eigenvalue weighted by Crippen LogP contribution is 2.22. The minimum absolute atomic E-state index is 0.0421. The summed E-state index contributed by atoms with van der Waals surface area (Å²) in [5, 5.41) is 12.4. The minimum Gasteiger partial charge on any atom is -0.399 e. The number of aliphatic hydroxyl groups excluding tert-OH is 1. The minimum atomic E-state index is -0.0775. The number of carbonyl (C=O) groups excluding carboxylic acids is 1. The van der Waals surface area contributed by atoms with E-state index in [1.165, 1.54) is 4.90 Å². The first kappa shape index (κ1) is 15.3. The molecule has 1 aromatic carbocycles. The molecule has 1 rings (SSSR count). The number of anilines is 2. The Bertz CT molecular complexity index is 446. The molecule has 0 radical (unpaired) electrons. The van der Waals surface area contributed by atoms with Gasteiger partial charge in [0.15, 0.2) is 0 Å². The molecular weight excluding hydrogens is 242 g/mol. The molecule has 0 bridgehead atoms. The smallest absolute Gasteiger partial charge is 0.255 e.